The van der Waals surface area contributed by atoms with Crippen molar-refractivity contribution < 1.29 is 35.5 Å². The minimum atomic E-state index is -4.07. The predicted molar refractivity (Wildman–Crippen MR) is 124 cm³/mol. The van der Waals surface area contributed by atoms with Crippen molar-refractivity contribution in [1.29, 1.82) is 0 Å². The molecule has 1 atom stereocenters. The average Bonchev–Trinajstić information content (AvgIpc) is 3.41. The Morgan fingerprint density at radius 3 is 2.61 bits per heavy atom. The number of nitrogens with one attached hydrogen (secondary N) is 1. The van der Waals surface area contributed by atoms with Crippen LogP contribution in [-0.4, -0.2) is 41.8 Å². The number of fused-ring (bicyclic) bond motifs is 1. The average molecular weight is 529 g/mol. The van der Waals surface area contributed by atoms with Crippen molar-refractivity contribution in [3.8, 4) is 5.75 Å². The molecule has 0 bridgehead atoms. The quantitative estimate of drug-likeness (QED) is 0.477. The third-order valence-corrected chi connectivity index (χ3v) is 8.06. The van der Waals surface area contributed by atoms with Crippen molar-refractivity contribution in [2.24, 2.45) is 0 Å². The lowest BCUT2D eigenvalue weighted by molar-refractivity contribution is -0.0506. The molecule has 1 N–H and O–H groups in total. The molecule has 0 radical (unpaired) electrons. The Kier molecular flexibility index (Phi) is 6.62. The first-order chi connectivity index (χ1) is 16.8. The largest absolute Gasteiger partial charge is 0.434 e. The number of alkyl halides is 2. The molecule has 2 aromatic heterocycles. The summed E-state index contributed by atoms with van der Waals surface area (Å²) in [7, 11) is -4.07. The second-order valence-electron chi connectivity index (χ2n) is 9.33. The van der Waals surface area contributed by atoms with Crippen molar-refractivity contribution in [3.63, 3.8) is 0 Å². The van der Waals surface area contributed by atoms with Crippen LogP contribution in [0.3, 0.4) is 0 Å². The molecule has 0 saturated carbocycles. The van der Waals surface area contributed by atoms with Crippen LogP contribution in [0.15, 0.2) is 36.7 Å². The van der Waals surface area contributed by atoms with E-state index in [0.717, 1.165) is 28.9 Å². The molecule has 1 amide bonds. The summed E-state index contributed by atoms with van der Waals surface area (Å²) in [6, 6.07) is 3.88. The van der Waals surface area contributed by atoms with Crippen LogP contribution in [0, 0.1) is 11.6 Å². The summed E-state index contributed by atoms with van der Waals surface area (Å²) >= 11 is 0. The molecule has 1 saturated heterocycles. The van der Waals surface area contributed by atoms with E-state index in [4.69, 9.17) is 0 Å². The highest BCUT2D eigenvalue weighted by Gasteiger charge is 2.34. The van der Waals surface area contributed by atoms with Gasteiger partial charge in [-0.05, 0) is 57.9 Å². The Morgan fingerprint density at radius 2 is 1.94 bits per heavy atom. The van der Waals surface area contributed by atoms with Crippen LogP contribution in [0.25, 0.3) is 5.52 Å². The molecule has 3 heterocycles. The molecule has 3 aromatic rings. The number of hydrogen-bond acceptors (Lipinski definition) is 6. The summed E-state index contributed by atoms with van der Waals surface area (Å²) in [5, 5.41) is 3.95. The number of sulfonamides is 1. The van der Waals surface area contributed by atoms with Crippen molar-refractivity contribution >= 4 is 27.1 Å². The molecular formula is C23H24F4N4O4S. The van der Waals surface area contributed by atoms with Gasteiger partial charge in [0.1, 0.15) is 17.1 Å². The Balaban J connectivity index is 1.75. The second-order valence-corrected chi connectivity index (χ2v) is 11.8. The van der Waals surface area contributed by atoms with Crippen LogP contribution in [0.1, 0.15) is 55.6 Å². The number of amides is 1. The van der Waals surface area contributed by atoms with E-state index in [1.54, 1.807) is 4.90 Å². The number of carbonyl (C=O) groups is 1. The van der Waals surface area contributed by atoms with E-state index < -0.39 is 45.0 Å². The number of pyridine rings is 1. The number of aromatic nitrogens is 2. The van der Waals surface area contributed by atoms with Crippen molar-refractivity contribution in [2.75, 3.05) is 11.4 Å². The highest BCUT2D eigenvalue weighted by Crippen LogP contribution is 2.42. The number of anilines is 1. The Bertz CT molecular complexity index is 1420. The Hall–Kier alpha value is -3.35. The molecule has 1 aliphatic heterocycles. The highest BCUT2D eigenvalue weighted by molar-refractivity contribution is 7.91. The van der Waals surface area contributed by atoms with E-state index >= 15 is 4.39 Å². The third-order valence-electron chi connectivity index (χ3n) is 5.99. The standard InChI is InChI=1S/C23H24F4N4O4S/c1-23(2,3)36(33,34)29-21(32)15-12-28-31-10-8-17(19(25)20(15)31)30-9-4-5-16(30)14-11-13(24)6-7-18(14)35-22(26)27/h6-8,10-12,16,22H,4-5,9H2,1-3H3,(H,29,32). The van der Waals surface area contributed by atoms with Gasteiger partial charge in [-0.25, -0.2) is 26.4 Å². The molecule has 1 unspecified atom stereocenters. The number of hydrogen-bond donors (Lipinski definition) is 1. The van der Waals surface area contributed by atoms with Crippen LogP contribution in [0.5, 0.6) is 5.75 Å². The third kappa shape index (κ3) is 4.71. The van der Waals surface area contributed by atoms with Crippen molar-refractivity contribution in [3.05, 3.63) is 59.4 Å². The van der Waals surface area contributed by atoms with Crippen LogP contribution in [0.2, 0.25) is 0 Å². The maximum Gasteiger partial charge on any atom is 0.387 e. The normalized spacial score (nSPS) is 16.7. The van der Waals surface area contributed by atoms with Gasteiger partial charge >= 0.3 is 6.61 Å². The number of nitrogens with zero attached hydrogens (tertiary/aromatic N) is 3. The molecule has 1 aliphatic rings. The topological polar surface area (TPSA) is 93.0 Å². The lowest BCUT2D eigenvalue weighted by Gasteiger charge is -2.29. The second kappa shape index (κ2) is 9.26. The predicted octanol–water partition coefficient (Wildman–Crippen LogP) is 4.41. The Morgan fingerprint density at radius 1 is 1.22 bits per heavy atom. The van der Waals surface area contributed by atoms with Crippen LogP contribution < -0.4 is 14.4 Å². The number of halogens is 4. The first kappa shape index (κ1) is 25.7. The van der Waals surface area contributed by atoms with Gasteiger partial charge in [0.15, 0.2) is 5.82 Å². The first-order valence-electron chi connectivity index (χ1n) is 11.0. The van der Waals surface area contributed by atoms with E-state index in [-0.39, 0.29) is 28.1 Å². The minimum Gasteiger partial charge on any atom is -0.434 e. The van der Waals surface area contributed by atoms with Gasteiger partial charge in [0.25, 0.3) is 5.91 Å². The van der Waals surface area contributed by atoms with Gasteiger partial charge < -0.3 is 9.64 Å². The zero-order chi connectivity index (χ0) is 26.4. The van der Waals surface area contributed by atoms with E-state index in [2.05, 4.69) is 9.84 Å². The smallest absolute Gasteiger partial charge is 0.387 e. The fraction of sp³-hybridized carbons (Fsp3) is 0.391. The number of benzene rings is 1. The summed E-state index contributed by atoms with van der Waals surface area (Å²) in [6.45, 7) is 1.40. The SMILES string of the molecule is CC(C)(C)S(=O)(=O)NC(=O)c1cnn2ccc(N3CCCC3c3cc(F)ccc3OC(F)F)c(F)c12. The summed E-state index contributed by atoms with van der Waals surface area (Å²) in [4.78, 5) is 14.4. The zero-order valence-electron chi connectivity index (χ0n) is 19.6. The first-order valence-corrected chi connectivity index (χ1v) is 12.5. The maximum absolute atomic E-state index is 15.9. The van der Waals surface area contributed by atoms with Crippen LogP contribution in [0.4, 0.5) is 23.2 Å². The van der Waals surface area contributed by atoms with Gasteiger partial charge in [-0.15, -0.1) is 0 Å². The van der Waals surface area contributed by atoms with E-state index in [1.165, 1.54) is 33.0 Å². The molecule has 13 heteroatoms. The molecule has 1 aromatic carbocycles. The molecular weight excluding hydrogens is 504 g/mol. The lowest BCUT2D eigenvalue weighted by Crippen LogP contribution is -2.42. The fourth-order valence-corrected chi connectivity index (χ4v) is 4.77. The van der Waals surface area contributed by atoms with Gasteiger partial charge in [-0.1, -0.05) is 0 Å². The van der Waals surface area contributed by atoms with Gasteiger partial charge in [0, 0.05) is 18.3 Å². The molecule has 8 nitrogen and oxygen atoms in total. The van der Waals surface area contributed by atoms with Crippen LogP contribution >= 0.6 is 0 Å². The van der Waals surface area contributed by atoms with Crippen LogP contribution in [-0.2, 0) is 10.0 Å². The summed E-state index contributed by atoms with van der Waals surface area (Å²) in [5.41, 5.74) is -0.409. The number of rotatable bonds is 6. The van der Waals surface area contributed by atoms with Gasteiger partial charge in [0.2, 0.25) is 10.0 Å². The lowest BCUT2D eigenvalue weighted by atomic mass is 10.0. The Labute approximate surface area is 204 Å². The monoisotopic (exact) mass is 528 g/mol. The molecule has 1 fully saturated rings. The summed E-state index contributed by atoms with van der Waals surface area (Å²) < 4.78 is 87.0. The van der Waals surface area contributed by atoms with E-state index in [0.29, 0.717) is 19.4 Å². The number of ether oxygens (including phenoxy) is 1. The van der Waals surface area contributed by atoms with E-state index in [9.17, 15) is 26.4 Å². The zero-order valence-corrected chi connectivity index (χ0v) is 20.5. The maximum atomic E-state index is 15.9. The van der Waals surface area contributed by atoms with Crippen molar-refractivity contribution in [2.45, 2.75) is 51.0 Å². The molecule has 194 valence electrons. The summed E-state index contributed by atoms with van der Waals surface area (Å²) in [6.07, 6.45) is 3.40. The molecule has 4 rings (SSSR count). The molecule has 36 heavy (non-hydrogen) atoms. The fourth-order valence-electron chi connectivity index (χ4n) is 4.11. The van der Waals surface area contributed by atoms with Gasteiger partial charge in [-0.2, -0.15) is 13.9 Å². The number of carbonyl (C=O) groups excluding carboxylic acids is 1. The van der Waals surface area contributed by atoms with Gasteiger partial charge in [-0.3, -0.25) is 4.79 Å². The van der Waals surface area contributed by atoms with E-state index in [1.807, 2.05) is 4.72 Å². The highest BCUT2D eigenvalue weighted by atomic mass is 32.2. The van der Waals surface area contributed by atoms with Gasteiger partial charge in [0.05, 0.1) is 28.2 Å². The molecule has 0 aliphatic carbocycles. The van der Waals surface area contributed by atoms with Crippen molar-refractivity contribution in [1.82, 2.24) is 14.3 Å². The summed E-state index contributed by atoms with van der Waals surface area (Å²) in [5.74, 6) is -2.80. The minimum absolute atomic E-state index is 0.0190. The molecule has 0 spiro atoms.